The Morgan fingerprint density at radius 1 is 0.556 bits per heavy atom. The number of aromatic nitrogens is 4. The molecule has 0 aromatic carbocycles. The molecular formula is C32H38N4. The molecule has 0 spiro atoms. The zero-order valence-electron chi connectivity index (χ0n) is 23.0. The van der Waals surface area contributed by atoms with Crippen LogP contribution in [0.25, 0.3) is 44.4 Å². The first kappa shape index (κ1) is 24.3. The van der Waals surface area contributed by atoms with E-state index in [1.54, 1.807) is 0 Å². The van der Waals surface area contributed by atoms with Gasteiger partial charge in [0.2, 0.25) is 0 Å². The Morgan fingerprint density at radius 2 is 1.06 bits per heavy atom. The van der Waals surface area contributed by atoms with E-state index in [4.69, 9.17) is 9.97 Å². The van der Waals surface area contributed by atoms with Crippen LogP contribution in [0.15, 0.2) is 24.3 Å². The highest BCUT2D eigenvalue weighted by atomic mass is 14.8. The first-order valence-corrected chi connectivity index (χ1v) is 13.5. The van der Waals surface area contributed by atoms with E-state index < -0.39 is 0 Å². The molecule has 2 aliphatic rings. The van der Waals surface area contributed by atoms with Crippen molar-refractivity contribution in [2.45, 2.75) is 81.1 Å². The Labute approximate surface area is 214 Å². The van der Waals surface area contributed by atoms with Crippen LogP contribution in [-0.4, -0.2) is 19.9 Å². The SMILES string of the molecule is CCC1=C(C)c2ccc3[nH]c(cc4[nH]c(cc5nc(c1n2)C(CC)=C5C)c(C)c4CC)c(CC)c3C. The summed E-state index contributed by atoms with van der Waals surface area (Å²) in [6.07, 6.45) is 3.84. The topological polar surface area (TPSA) is 57.4 Å². The highest BCUT2D eigenvalue weighted by molar-refractivity contribution is 5.99. The lowest BCUT2D eigenvalue weighted by Gasteiger charge is -2.05. The third kappa shape index (κ3) is 3.66. The lowest BCUT2D eigenvalue weighted by molar-refractivity contribution is 1.14. The number of aryl methyl sites for hydroxylation is 4. The fourth-order valence-corrected chi connectivity index (χ4v) is 6.04. The molecule has 4 heteroatoms. The maximum Gasteiger partial charge on any atom is 0.0932 e. The summed E-state index contributed by atoms with van der Waals surface area (Å²) >= 11 is 0. The predicted molar refractivity (Wildman–Crippen MR) is 155 cm³/mol. The number of allylic oxidation sites excluding steroid dienone is 4. The zero-order chi connectivity index (χ0) is 25.7. The van der Waals surface area contributed by atoms with Crippen LogP contribution in [0.5, 0.6) is 0 Å². The Bertz CT molecular complexity index is 1600. The quantitative estimate of drug-likeness (QED) is 0.394. The van der Waals surface area contributed by atoms with Gasteiger partial charge >= 0.3 is 0 Å². The van der Waals surface area contributed by atoms with Crippen LogP contribution >= 0.6 is 0 Å². The van der Waals surface area contributed by atoms with E-state index >= 15 is 0 Å². The molecule has 5 rings (SSSR count). The standard InChI is InChI=1S/C32H38N4/c1-9-21-17(5)25-13-14-26-19(7)23(11-3)31(35-26)32-24(12-4)20(8)28(36-32)15-27-18(6)22(10-2)30(34-27)16-29(21)33-25/h13-16,33-34H,9-12H2,1-8H3. The second kappa shape index (κ2) is 9.24. The van der Waals surface area contributed by atoms with Gasteiger partial charge in [-0.05, 0) is 122 Å². The molecule has 3 aromatic rings. The Kier molecular flexibility index (Phi) is 6.23. The fraction of sp³-hybridized carbons (Fsp3) is 0.375. The number of fused-ring (bicyclic) bond motifs is 9. The average Bonchev–Trinajstić information content (AvgIpc) is 3.54. The highest BCUT2D eigenvalue weighted by Gasteiger charge is 2.25. The van der Waals surface area contributed by atoms with Crippen LogP contribution in [0.4, 0.5) is 0 Å². The van der Waals surface area contributed by atoms with E-state index in [2.05, 4.69) is 89.6 Å². The van der Waals surface area contributed by atoms with Crippen molar-refractivity contribution in [1.29, 1.82) is 0 Å². The largest absolute Gasteiger partial charge is 0.355 e. The van der Waals surface area contributed by atoms with E-state index in [0.717, 1.165) is 59.5 Å². The van der Waals surface area contributed by atoms with Crippen molar-refractivity contribution in [1.82, 2.24) is 19.9 Å². The maximum absolute atomic E-state index is 5.21. The second-order valence-electron chi connectivity index (χ2n) is 10.0. The molecule has 2 aliphatic heterocycles. The second-order valence-corrected chi connectivity index (χ2v) is 10.0. The Balaban J connectivity index is 2.00. The highest BCUT2D eigenvalue weighted by Crippen LogP contribution is 2.40. The summed E-state index contributed by atoms with van der Waals surface area (Å²) in [5.41, 5.74) is 19.3. The number of nitrogens with zero attached hydrogens (tertiary/aromatic N) is 2. The summed E-state index contributed by atoms with van der Waals surface area (Å²) in [7, 11) is 0. The summed E-state index contributed by atoms with van der Waals surface area (Å²) in [6.45, 7) is 17.8. The van der Waals surface area contributed by atoms with Gasteiger partial charge in [-0.3, -0.25) is 0 Å². The number of nitrogens with one attached hydrogen (secondary N) is 2. The van der Waals surface area contributed by atoms with Gasteiger partial charge < -0.3 is 9.97 Å². The molecule has 5 heterocycles. The Hall–Kier alpha value is -3.40. The maximum atomic E-state index is 5.21. The number of aromatic amines is 2. The molecule has 0 aliphatic carbocycles. The van der Waals surface area contributed by atoms with Gasteiger partial charge in [-0.1, -0.05) is 27.7 Å². The van der Waals surface area contributed by atoms with Crippen molar-refractivity contribution in [3.05, 3.63) is 69.3 Å². The molecule has 0 saturated carbocycles. The zero-order valence-corrected chi connectivity index (χ0v) is 23.0. The molecule has 3 aromatic heterocycles. The first-order valence-electron chi connectivity index (χ1n) is 13.5. The fourth-order valence-electron chi connectivity index (χ4n) is 6.04. The van der Waals surface area contributed by atoms with Crippen molar-refractivity contribution in [3.8, 4) is 0 Å². The van der Waals surface area contributed by atoms with Gasteiger partial charge in [0.15, 0.2) is 0 Å². The van der Waals surface area contributed by atoms with Gasteiger partial charge in [0.05, 0.1) is 22.8 Å². The van der Waals surface area contributed by atoms with Crippen molar-refractivity contribution in [3.63, 3.8) is 0 Å². The van der Waals surface area contributed by atoms with Gasteiger partial charge in [-0.15, -0.1) is 0 Å². The number of hydrogen-bond donors (Lipinski definition) is 2. The van der Waals surface area contributed by atoms with Crippen LogP contribution in [0.1, 0.15) is 99.4 Å². The van der Waals surface area contributed by atoms with E-state index in [-0.39, 0.29) is 0 Å². The molecule has 0 unspecified atom stereocenters. The van der Waals surface area contributed by atoms with Gasteiger partial charge in [-0.2, -0.15) is 0 Å². The third-order valence-electron chi connectivity index (χ3n) is 8.23. The molecule has 4 nitrogen and oxygen atoms in total. The van der Waals surface area contributed by atoms with Crippen molar-refractivity contribution < 1.29 is 0 Å². The molecule has 0 saturated heterocycles. The van der Waals surface area contributed by atoms with Gasteiger partial charge in [0.1, 0.15) is 0 Å². The molecule has 0 atom stereocenters. The summed E-state index contributed by atoms with van der Waals surface area (Å²) in [6, 6.07) is 8.91. The minimum atomic E-state index is 0.940. The van der Waals surface area contributed by atoms with E-state index in [1.807, 2.05) is 0 Å². The number of H-pyrrole nitrogens is 2. The summed E-state index contributed by atoms with van der Waals surface area (Å²) in [5, 5.41) is 0. The molecule has 2 N–H and O–H groups in total. The lowest BCUT2D eigenvalue weighted by atomic mass is 9.98. The Morgan fingerprint density at radius 3 is 1.61 bits per heavy atom. The monoisotopic (exact) mass is 478 g/mol. The first-order chi connectivity index (χ1) is 17.3. The van der Waals surface area contributed by atoms with Crippen LogP contribution in [0, 0.1) is 13.8 Å². The van der Waals surface area contributed by atoms with Gasteiger partial charge in [0, 0.05) is 22.1 Å². The van der Waals surface area contributed by atoms with Crippen LogP contribution in [0.2, 0.25) is 0 Å². The van der Waals surface area contributed by atoms with Crippen molar-refractivity contribution in [2.75, 3.05) is 0 Å². The smallest absolute Gasteiger partial charge is 0.0932 e. The predicted octanol–water partition coefficient (Wildman–Crippen LogP) is 8.74. The van der Waals surface area contributed by atoms with Crippen LogP contribution in [-0.2, 0) is 12.8 Å². The summed E-state index contributed by atoms with van der Waals surface area (Å²) < 4.78 is 0. The van der Waals surface area contributed by atoms with E-state index in [9.17, 15) is 0 Å². The van der Waals surface area contributed by atoms with Gasteiger partial charge in [-0.25, -0.2) is 9.97 Å². The van der Waals surface area contributed by atoms with Crippen molar-refractivity contribution in [2.24, 2.45) is 0 Å². The number of hydrogen-bond acceptors (Lipinski definition) is 2. The minimum Gasteiger partial charge on any atom is -0.355 e. The molecular weight excluding hydrogens is 440 g/mol. The molecule has 0 amide bonds. The molecule has 36 heavy (non-hydrogen) atoms. The third-order valence-corrected chi connectivity index (χ3v) is 8.23. The molecule has 8 bridgehead atoms. The van der Waals surface area contributed by atoms with Crippen LogP contribution < -0.4 is 0 Å². The summed E-state index contributed by atoms with van der Waals surface area (Å²) in [4.78, 5) is 17.8. The molecule has 186 valence electrons. The van der Waals surface area contributed by atoms with E-state index in [1.165, 1.54) is 55.6 Å². The summed E-state index contributed by atoms with van der Waals surface area (Å²) in [5.74, 6) is 0. The molecule has 0 radical (unpaired) electrons. The lowest BCUT2D eigenvalue weighted by Crippen LogP contribution is -1.91. The van der Waals surface area contributed by atoms with Crippen molar-refractivity contribution >= 4 is 44.4 Å². The molecule has 0 fully saturated rings. The van der Waals surface area contributed by atoms with Gasteiger partial charge in [0.25, 0.3) is 0 Å². The number of rotatable bonds is 4. The average molecular weight is 479 g/mol. The normalized spacial score (nSPS) is 13.8. The minimum absolute atomic E-state index is 0.940. The van der Waals surface area contributed by atoms with E-state index in [0.29, 0.717) is 0 Å². The van der Waals surface area contributed by atoms with Crippen LogP contribution in [0.3, 0.4) is 0 Å².